The second-order valence-electron chi connectivity index (χ2n) is 8.43. The molecule has 1 saturated carbocycles. The maximum absolute atomic E-state index is 15.3. The van der Waals surface area contributed by atoms with Crippen molar-refractivity contribution in [3.63, 3.8) is 0 Å². The van der Waals surface area contributed by atoms with Gasteiger partial charge >= 0.3 is 6.16 Å². The van der Waals surface area contributed by atoms with E-state index >= 15 is 4.39 Å². The fourth-order valence-electron chi connectivity index (χ4n) is 4.51. The van der Waals surface area contributed by atoms with Crippen LogP contribution in [0.5, 0.6) is 11.5 Å². The summed E-state index contributed by atoms with van der Waals surface area (Å²) in [5.41, 5.74) is -0.261. The molecule has 2 aliphatic heterocycles. The number of anilines is 1. The average molecular weight is 435 g/mol. The summed E-state index contributed by atoms with van der Waals surface area (Å²) in [6.45, 7) is 1.31. The molecule has 0 bridgehead atoms. The molecule has 166 valence electrons. The first kappa shape index (κ1) is 20.0. The number of halogens is 2. The van der Waals surface area contributed by atoms with Crippen LogP contribution in [0.3, 0.4) is 0 Å². The molecule has 0 amide bonds. The topological polar surface area (TPSA) is 93.0 Å². The summed E-state index contributed by atoms with van der Waals surface area (Å²) in [7, 11) is 0. The van der Waals surface area contributed by atoms with Crippen LogP contribution in [0.2, 0.25) is 0 Å². The van der Waals surface area contributed by atoms with E-state index < -0.39 is 35.9 Å². The lowest BCUT2D eigenvalue weighted by molar-refractivity contribution is 0.143. The first-order valence-corrected chi connectivity index (χ1v) is 10.5. The lowest BCUT2D eigenvalue weighted by Crippen LogP contribution is -2.31. The van der Waals surface area contributed by atoms with Crippen molar-refractivity contribution in [1.29, 1.82) is 0 Å². The van der Waals surface area contributed by atoms with Crippen molar-refractivity contribution >= 4 is 22.7 Å². The largest absolute Gasteiger partial charge is 0.511 e. The molecule has 1 aromatic heterocycles. The Balaban J connectivity index is 1.58. The van der Waals surface area contributed by atoms with E-state index in [2.05, 4.69) is 10.1 Å². The number of carbonyl (C=O) groups is 1. The highest BCUT2D eigenvalue weighted by atomic mass is 19.1. The minimum absolute atomic E-state index is 0.0645. The van der Waals surface area contributed by atoms with E-state index in [9.17, 15) is 14.0 Å². The molecule has 2 fully saturated rings. The van der Waals surface area contributed by atoms with E-state index in [-0.39, 0.29) is 28.9 Å². The Bertz CT molecular complexity index is 1100. The van der Waals surface area contributed by atoms with Crippen molar-refractivity contribution in [2.24, 2.45) is 5.92 Å². The molecule has 0 spiro atoms. The van der Waals surface area contributed by atoms with Crippen LogP contribution in [-0.4, -0.2) is 54.8 Å². The smallest absolute Gasteiger partial charge is 0.487 e. The Labute approximate surface area is 176 Å². The lowest BCUT2D eigenvalue weighted by Gasteiger charge is -2.31. The maximum atomic E-state index is 15.3. The van der Waals surface area contributed by atoms with Crippen molar-refractivity contribution < 1.29 is 28.2 Å². The number of aromatic nitrogens is 1. The summed E-state index contributed by atoms with van der Waals surface area (Å²) in [6, 6.07) is 0.894. The van der Waals surface area contributed by atoms with Crippen LogP contribution in [-0.2, 0) is 0 Å². The van der Waals surface area contributed by atoms with Crippen LogP contribution < -0.4 is 25.1 Å². The molecule has 10 heteroatoms. The van der Waals surface area contributed by atoms with Gasteiger partial charge in [-0.05, 0) is 37.8 Å². The monoisotopic (exact) mass is 435 g/mol. The third-order valence-corrected chi connectivity index (χ3v) is 6.23. The van der Waals surface area contributed by atoms with Crippen molar-refractivity contribution in [2.45, 2.75) is 31.3 Å². The van der Waals surface area contributed by atoms with Crippen molar-refractivity contribution in [2.75, 3.05) is 37.8 Å². The fourth-order valence-corrected chi connectivity index (χ4v) is 4.51. The van der Waals surface area contributed by atoms with Gasteiger partial charge in [0.1, 0.15) is 19.0 Å². The van der Waals surface area contributed by atoms with Gasteiger partial charge < -0.3 is 29.4 Å². The average Bonchev–Trinajstić information content (AvgIpc) is 3.46. The molecule has 3 aliphatic rings. The molecule has 0 unspecified atom stereocenters. The molecule has 1 aliphatic carbocycles. The fraction of sp³-hybridized carbons (Fsp3) is 0.524. The summed E-state index contributed by atoms with van der Waals surface area (Å²) >= 11 is 0. The third kappa shape index (κ3) is 3.58. The molecule has 2 N–H and O–H groups in total. The zero-order valence-corrected chi connectivity index (χ0v) is 16.8. The number of alkyl halides is 1. The summed E-state index contributed by atoms with van der Waals surface area (Å²) in [6.07, 6.45) is 2.81. The Morgan fingerprint density at radius 1 is 1.35 bits per heavy atom. The van der Waals surface area contributed by atoms with Gasteiger partial charge in [-0.25, -0.2) is 13.6 Å². The third-order valence-electron chi connectivity index (χ3n) is 6.23. The predicted octanol–water partition coefficient (Wildman–Crippen LogP) is 2.68. The van der Waals surface area contributed by atoms with Crippen molar-refractivity contribution in [1.82, 2.24) is 9.88 Å². The van der Waals surface area contributed by atoms with Gasteiger partial charge in [0.25, 0.3) is 0 Å². The number of ether oxygens (including phenoxy) is 2. The molecule has 2 aromatic rings. The first-order chi connectivity index (χ1) is 15.0. The maximum Gasteiger partial charge on any atom is 0.511 e. The minimum Gasteiger partial charge on any atom is -0.487 e. The normalized spacial score (nSPS) is 22.6. The Morgan fingerprint density at radius 3 is 2.87 bits per heavy atom. The number of hydrogen-bond donors (Lipinski definition) is 2. The second kappa shape index (κ2) is 7.67. The number of nitrogens with one attached hydrogen (secondary N) is 1. The molecular formula is C21H23F2N3O5. The Hall–Kier alpha value is -2.88. The van der Waals surface area contributed by atoms with E-state index in [0.29, 0.717) is 25.0 Å². The highest BCUT2D eigenvalue weighted by Gasteiger charge is 2.34. The number of benzene rings is 1. The minimum atomic E-state index is -1.67. The van der Waals surface area contributed by atoms with E-state index in [1.807, 2.05) is 4.90 Å². The molecule has 1 aromatic carbocycles. The van der Waals surface area contributed by atoms with Gasteiger partial charge in [0.2, 0.25) is 5.43 Å². The highest BCUT2D eigenvalue weighted by molar-refractivity contribution is 5.93. The van der Waals surface area contributed by atoms with Gasteiger partial charge in [0.05, 0.1) is 23.1 Å². The van der Waals surface area contributed by atoms with Crippen molar-refractivity contribution in [3.8, 4) is 11.5 Å². The van der Waals surface area contributed by atoms with Gasteiger partial charge in [-0.2, -0.15) is 0 Å². The lowest BCUT2D eigenvalue weighted by atomic mass is 10.1. The number of rotatable bonds is 6. The molecule has 31 heavy (non-hydrogen) atoms. The van der Waals surface area contributed by atoms with Gasteiger partial charge in [0.15, 0.2) is 17.3 Å². The number of pyridine rings is 1. The van der Waals surface area contributed by atoms with Crippen LogP contribution in [0.4, 0.5) is 19.3 Å². The van der Waals surface area contributed by atoms with Gasteiger partial charge in [-0.1, -0.05) is 0 Å². The SMILES string of the molecule is O=C(O)Oc1cn2c3c(c(N4CC[C@H](CNC5CC5)C4)c(F)cc3c1=O)OC[C@@H]2CF. The Kier molecular flexibility index (Phi) is 4.96. The van der Waals surface area contributed by atoms with Crippen molar-refractivity contribution in [3.05, 3.63) is 28.3 Å². The molecule has 0 radical (unpaired) electrons. The number of hydrogen-bond acceptors (Lipinski definition) is 6. The molecule has 3 heterocycles. The van der Waals surface area contributed by atoms with E-state index in [4.69, 9.17) is 9.84 Å². The summed E-state index contributed by atoms with van der Waals surface area (Å²) in [5, 5.41) is 12.3. The summed E-state index contributed by atoms with van der Waals surface area (Å²) < 4.78 is 40.7. The van der Waals surface area contributed by atoms with Crippen LogP contribution in [0.1, 0.15) is 25.3 Å². The van der Waals surface area contributed by atoms with E-state index in [1.165, 1.54) is 23.6 Å². The predicted molar refractivity (Wildman–Crippen MR) is 109 cm³/mol. The summed E-state index contributed by atoms with van der Waals surface area (Å²) in [5.74, 6) is -0.563. The molecule has 2 atom stereocenters. The summed E-state index contributed by atoms with van der Waals surface area (Å²) in [4.78, 5) is 25.6. The van der Waals surface area contributed by atoms with Gasteiger partial charge in [-0.3, -0.25) is 4.79 Å². The van der Waals surface area contributed by atoms with Crippen LogP contribution in [0.25, 0.3) is 10.9 Å². The van der Waals surface area contributed by atoms with Crippen LogP contribution in [0, 0.1) is 11.7 Å². The molecular weight excluding hydrogens is 412 g/mol. The zero-order valence-electron chi connectivity index (χ0n) is 16.8. The molecule has 5 rings (SSSR count). The van der Waals surface area contributed by atoms with Gasteiger partial charge in [-0.15, -0.1) is 0 Å². The zero-order chi connectivity index (χ0) is 21.7. The number of nitrogens with zero attached hydrogens (tertiary/aromatic N) is 2. The van der Waals surface area contributed by atoms with E-state index in [1.54, 1.807) is 0 Å². The number of carboxylic acid groups (broad SMARTS) is 1. The Morgan fingerprint density at radius 2 is 2.16 bits per heavy atom. The quantitative estimate of drug-likeness (QED) is 0.674. The standard InChI is InChI=1S/C21H23F2N3O5/c22-6-13-10-30-20-17-14(19(27)16(9-26(13)17)31-21(28)29)5-15(23)18(20)25-4-3-11(8-25)7-24-12-1-2-12/h5,9,11-13,24H,1-4,6-8,10H2,(H,28,29)/t11-,13+/m1/s1. The van der Waals surface area contributed by atoms with Crippen LogP contribution in [0.15, 0.2) is 17.1 Å². The first-order valence-electron chi connectivity index (χ1n) is 10.5. The highest BCUT2D eigenvalue weighted by Crippen LogP contribution is 2.43. The van der Waals surface area contributed by atoms with Crippen LogP contribution >= 0.6 is 0 Å². The van der Waals surface area contributed by atoms with E-state index in [0.717, 1.165) is 19.0 Å². The molecule has 8 nitrogen and oxygen atoms in total. The van der Waals surface area contributed by atoms with Gasteiger partial charge in [0, 0.05) is 19.1 Å². The second-order valence-corrected chi connectivity index (χ2v) is 8.43. The molecule has 1 saturated heterocycles.